The van der Waals surface area contributed by atoms with Crippen LogP contribution < -0.4 is 10.6 Å². The second-order valence-electron chi connectivity index (χ2n) is 7.68. The van der Waals surface area contributed by atoms with E-state index in [1.807, 2.05) is 6.07 Å². The van der Waals surface area contributed by atoms with Crippen LogP contribution in [-0.4, -0.2) is 63.7 Å². The van der Waals surface area contributed by atoms with Gasteiger partial charge in [-0.15, -0.1) is 0 Å². The second kappa shape index (κ2) is 9.06. The van der Waals surface area contributed by atoms with E-state index in [9.17, 15) is 4.79 Å². The first-order valence-electron chi connectivity index (χ1n) is 9.55. The highest BCUT2D eigenvalue weighted by Gasteiger charge is 2.45. The number of benzene rings is 1. The van der Waals surface area contributed by atoms with Crippen molar-refractivity contribution in [2.24, 2.45) is 10.9 Å². The van der Waals surface area contributed by atoms with Crippen molar-refractivity contribution in [1.82, 2.24) is 15.5 Å². The summed E-state index contributed by atoms with van der Waals surface area (Å²) in [5.41, 5.74) is 1.48. The van der Waals surface area contributed by atoms with E-state index in [1.165, 1.54) is 5.56 Å². The average molecular weight is 437 g/mol. The van der Waals surface area contributed by atoms with Crippen molar-refractivity contribution in [2.45, 2.75) is 24.7 Å². The standard InChI is InChI=1S/C20H29BrN4O2/c1-25(2)18(26)12-23-19(22-11-15-7-10-27-13-15)24-14-20(8-9-20)16-5-3-4-6-17(16)21/h3-6,15H,7-14H2,1-2H3,(H2,22,23,24). The van der Waals surface area contributed by atoms with Gasteiger partial charge in [0.25, 0.3) is 0 Å². The molecular weight excluding hydrogens is 408 g/mol. The number of hydrogen-bond acceptors (Lipinski definition) is 3. The van der Waals surface area contributed by atoms with E-state index in [1.54, 1.807) is 19.0 Å². The number of ether oxygens (including phenoxy) is 1. The van der Waals surface area contributed by atoms with Crippen molar-refractivity contribution in [3.05, 3.63) is 34.3 Å². The van der Waals surface area contributed by atoms with Crippen LogP contribution in [0.2, 0.25) is 0 Å². The maximum Gasteiger partial charge on any atom is 0.243 e. The molecule has 27 heavy (non-hydrogen) atoms. The molecule has 1 aliphatic carbocycles. The predicted molar refractivity (Wildman–Crippen MR) is 111 cm³/mol. The number of likely N-dealkylation sites (N-methyl/N-ethyl adjacent to an activating group) is 1. The van der Waals surface area contributed by atoms with Gasteiger partial charge in [0.05, 0.1) is 6.61 Å². The fourth-order valence-electron chi connectivity index (χ4n) is 3.28. The SMILES string of the molecule is CN(C)C(=O)CN=C(NCC1CCOC1)NCC1(c2ccccc2Br)CC1. The second-order valence-corrected chi connectivity index (χ2v) is 8.53. The summed E-state index contributed by atoms with van der Waals surface area (Å²) in [5, 5.41) is 6.87. The van der Waals surface area contributed by atoms with E-state index in [4.69, 9.17) is 4.74 Å². The molecule has 1 aromatic carbocycles. The van der Waals surface area contributed by atoms with Gasteiger partial charge in [0.2, 0.25) is 5.91 Å². The highest BCUT2D eigenvalue weighted by Crippen LogP contribution is 2.49. The number of halogens is 1. The Kier molecular flexibility index (Phi) is 6.76. The van der Waals surface area contributed by atoms with E-state index in [2.05, 4.69) is 49.8 Å². The molecule has 2 N–H and O–H groups in total. The number of rotatable bonds is 7. The van der Waals surface area contributed by atoms with E-state index in [0.29, 0.717) is 11.9 Å². The molecule has 1 aromatic rings. The molecule has 148 valence electrons. The van der Waals surface area contributed by atoms with Gasteiger partial charge in [0, 0.05) is 49.6 Å². The minimum absolute atomic E-state index is 0.00719. The zero-order valence-corrected chi connectivity index (χ0v) is 17.7. The Hall–Kier alpha value is -1.60. The van der Waals surface area contributed by atoms with Crippen LogP contribution in [0.5, 0.6) is 0 Å². The number of aliphatic imine (C=N–C) groups is 1. The maximum absolute atomic E-state index is 11.9. The molecule has 7 heteroatoms. The van der Waals surface area contributed by atoms with E-state index in [-0.39, 0.29) is 17.9 Å². The molecule has 1 unspecified atom stereocenters. The Morgan fingerprint density at radius 2 is 2.11 bits per heavy atom. The number of guanidine groups is 1. The third kappa shape index (κ3) is 5.45. The van der Waals surface area contributed by atoms with Crippen LogP contribution in [0.3, 0.4) is 0 Å². The number of hydrogen-bond donors (Lipinski definition) is 2. The largest absolute Gasteiger partial charge is 0.381 e. The van der Waals surface area contributed by atoms with Crippen molar-refractivity contribution in [2.75, 3.05) is 46.9 Å². The van der Waals surface area contributed by atoms with Gasteiger partial charge >= 0.3 is 0 Å². The van der Waals surface area contributed by atoms with E-state index < -0.39 is 0 Å². The summed E-state index contributed by atoms with van der Waals surface area (Å²) in [6.45, 7) is 3.38. The van der Waals surface area contributed by atoms with Crippen LogP contribution in [-0.2, 0) is 14.9 Å². The first-order valence-corrected chi connectivity index (χ1v) is 10.3. The monoisotopic (exact) mass is 436 g/mol. The van der Waals surface area contributed by atoms with E-state index >= 15 is 0 Å². The molecule has 0 bridgehead atoms. The highest BCUT2D eigenvalue weighted by molar-refractivity contribution is 9.10. The molecule has 0 aromatic heterocycles. The lowest BCUT2D eigenvalue weighted by molar-refractivity contribution is -0.127. The van der Waals surface area contributed by atoms with E-state index in [0.717, 1.165) is 50.0 Å². The minimum Gasteiger partial charge on any atom is -0.381 e. The van der Waals surface area contributed by atoms with Crippen molar-refractivity contribution in [1.29, 1.82) is 0 Å². The molecule has 1 aliphatic heterocycles. The number of nitrogens with zero attached hydrogens (tertiary/aromatic N) is 2. The normalized spacial score (nSPS) is 21.0. The quantitative estimate of drug-likeness (QED) is 0.507. The number of carbonyl (C=O) groups excluding carboxylic acids is 1. The van der Waals surface area contributed by atoms with Crippen LogP contribution in [0, 0.1) is 5.92 Å². The summed E-state index contributed by atoms with van der Waals surface area (Å²) in [4.78, 5) is 18.0. The lowest BCUT2D eigenvalue weighted by Gasteiger charge is -2.21. The van der Waals surface area contributed by atoms with Crippen LogP contribution in [0.15, 0.2) is 33.7 Å². The Morgan fingerprint density at radius 3 is 2.74 bits per heavy atom. The molecule has 3 rings (SSSR count). The fourth-order valence-corrected chi connectivity index (χ4v) is 3.99. The summed E-state index contributed by atoms with van der Waals surface area (Å²) in [5.74, 6) is 1.20. The maximum atomic E-state index is 11.9. The molecule has 1 amide bonds. The molecule has 1 saturated carbocycles. The molecule has 2 fully saturated rings. The lowest BCUT2D eigenvalue weighted by Crippen LogP contribution is -2.43. The zero-order valence-electron chi connectivity index (χ0n) is 16.1. The predicted octanol–water partition coefficient (Wildman–Crippen LogP) is 2.14. The molecule has 2 aliphatic rings. The van der Waals surface area contributed by atoms with Gasteiger partial charge in [-0.2, -0.15) is 0 Å². The Balaban J connectivity index is 1.62. The van der Waals surface area contributed by atoms with Crippen molar-refractivity contribution in [3.8, 4) is 0 Å². The number of nitrogens with one attached hydrogen (secondary N) is 2. The summed E-state index contributed by atoms with van der Waals surface area (Å²) in [6.07, 6.45) is 3.38. The molecule has 1 heterocycles. The fraction of sp³-hybridized carbons (Fsp3) is 0.600. The molecular formula is C20H29BrN4O2. The number of amides is 1. The van der Waals surface area contributed by atoms with Crippen LogP contribution in [0.1, 0.15) is 24.8 Å². The molecule has 0 spiro atoms. The van der Waals surface area contributed by atoms with Crippen molar-refractivity contribution in [3.63, 3.8) is 0 Å². The molecule has 0 radical (unpaired) electrons. The van der Waals surface area contributed by atoms with Gasteiger partial charge in [-0.3, -0.25) is 4.79 Å². The minimum atomic E-state index is -0.00719. The van der Waals surface area contributed by atoms with Crippen LogP contribution in [0.25, 0.3) is 0 Å². The first kappa shape index (κ1) is 20.1. The van der Waals surface area contributed by atoms with Crippen molar-refractivity contribution >= 4 is 27.8 Å². The van der Waals surface area contributed by atoms with Gasteiger partial charge in [0.15, 0.2) is 5.96 Å². The molecule has 1 atom stereocenters. The third-order valence-electron chi connectivity index (χ3n) is 5.35. The molecule has 6 nitrogen and oxygen atoms in total. The zero-order chi connectivity index (χ0) is 19.3. The Bertz CT molecular complexity index is 682. The summed E-state index contributed by atoms with van der Waals surface area (Å²) in [7, 11) is 3.50. The average Bonchev–Trinajstić information content (AvgIpc) is 3.25. The summed E-state index contributed by atoms with van der Waals surface area (Å²) >= 11 is 3.68. The van der Waals surface area contributed by atoms with Crippen LogP contribution in [0.4, 0.5) is 0 Å². The highest BCUT2D eigenvalue weighted by atomic mass is 79.9. The Morgan fingerprint density at radius 1 is 1.33 bits per heavy atom. The van der Waals surface area contributed by atoms with Gasteiger partial charge in [0.1, 0.15) is 6.54 Å². The lowest BCUT2D eigenvalue weighted by atomic mass is 9.96. The Labute approximate surface area is 169 Å². The smallest absolute Gasteiger partial charge is 0.243 e. The van der Waals surface area contributed by atoms with Crippen LogP contribution >= 0.6 is 15.9 Å². The topological polar surface area (TPSA) is 66.0 Å². The van der Waals surface area contributed by atoms with Crippen molar-refractivity contribution < 1.29 is 9.53 Å². The molecule has 1 saturated heterocycles. The summed E-state index contributed by atoms with van der Waals surface area (Å²) in [6, 6.07) is 8.41. The van der Waals surface area contributed by atoms with Gasteiger partial charge in [-0.05, 0) is 30.9 Å². The van der Waals surface area contributed by atoms with Gasteiger partial charge < -0.3 is 20.3 Å². The van der Waals surface area contributed by atoms with Gasteiger partial charge in [-0.25, -0.2) is 4.99 Å². The first-order chi connectivity index (χ1) is 13.0. The summed E-state index contributed by atoms with van der Waals surface area (Å²) < 4.78 is 6.60. The van der Waals surface area contributed by atoms with Gasteiger partial charge in [-0.1, -0.05) is 34.1 Å². The third-order valence-corrected chi connectivity index (χ3v) is 6.04. The number of carbonyl (C=O) groups is 1.